The van der Waals surface area contributed by atoms with Crippen LogP contribution in [0, 0.1) is 0 Å². The molecule has 2 heterocycles. The van der Waals surface area contributed by atoms with Crippen molar-refractivity contribution < 1.29 is 0 Å². The number of hydrogen-bond donors (Lipinski definition) is 1. The third-order valence-corrected chi connectivity index (χ3v) is 4.29. The van der Waals surface area contributed by atoms with Crippen LogP contribution in [0.2, 0.25) is 0 Å². The van der Waals surface area contributed by atoms with Crippen molar-refractivity contribution in [2.45, 2.75) is 37.5 Å². The number of hydrogen-bond acceptors (Lipinski definition) is 2. The number of allylic oxidation sites excluding steroid dienone is 5. The van der Waals surface area contributed by atoms with Gasteiger partial charge in [-0.25, -0.2) is 4.98 Å². The molecular formula is C18H22IN3O. The SMILES string of the molecule is C=C/C=C\C(=C/C)c1cn2c(=O)c(C(C)I)c(C(C)C)nc2[nH]1. The maximum Gasteiger partial charge on any atom is 0.263 e. The van der Waals surface area contributed by atoms with Gasteiger partial charge >= 0.3 is 0 Å². The van der Waals surface area contributed by atoms with Gasteiger partial charge in [0.1, 0.15) is 0 Å². The molecule has 0 saturated carbocycles. The molecule has 5 heteroatoms. The molecule has 0 aliphatic heterocycles. The van der Waals surface area contributed by atoms with E-state index in [0.29, 0.717) is 5.78 Å². The number of alkyl halides is 1. The third-order valence-electron chi connectivity index (χ3n) is 3.66. The number of nitrogens with one attached hydrogen (secondary N) is 1. The predicted molar refractivity (Wildman–Crippen MR) is 105 cm³/mol. The average molecular weight is 423 g/mol. The van der Waals surface area contributed by atoms with Gasteiger partial charge in [0.15, 0.2) is 0 Å². The van der Waals surface area contributed by atoms with Crippen LogP contribution in [0.4, 0.5) is 0 Å². The van der Waals surface area contributed by atoms with Crippen molar-refractivity contribution >= 4 is 33.9 Å². The summed E-state index contributed by atoms with van der Waals surface area (Å²) in [4.78, 5) is 20.8. The van der Waals surface area contributed by atoms with Gasteiger partial charge in [0.25, 0.3) is 5.56 Å². The van der Waals surface area contributed by atoms with Gasteiger partial charge in [0.05, 0.1) is 17.0 Å². The summed E-state index contributed by atoms with van der Waals surface area (Å²) in [6.45, 7) is 11.8. The molecule has 1 N–H and O–H groups in total. The number of rotatable bonds is 5. The lowest BCUT2D eigenvalue weighted by Gasteiger charge is -2.12. The Morgan fingerprint density at radius 3 is 2.65 bits per heavy atom. The third kappa shape index (κ3) is 3.49. The largest absolute Gasteiger partial charge is 0.323 e. The second kappa shape index (κ2) is 7.29. The van der Waals surface area contributed by atoms with E-state index < -0.39 is 0 Å². The minimum Gasteiger partial charge on any atom is -0.323 e. The molecule has 0 aliphatic rings. The Morgan fingerprint density at radius 1 is 1.43 bits per heavy atom. The fraction of sp³-hybridized carbons (Fsp3) is 0.333. The second-order valence-corrected chi connectivity index (χ2v) is 7.56. The monoisotopic (exact) mass is 423 g/mol. The summed E-state index contributed by atoms with van der Waals surface area (Å²) in [5, 5.41) is 0. The molecule has 122 valence electrons. The number of imidazole rings is 1. The van der Waals surface area contributed by atoms with Crippen LogP contribution in [0.5, 0.6) is 0 Å². The van der Waals surface area contributed by atoms with Gasteiger partial charge in [-0.15, -0.1) is 0 Å². The lowest BCUT2D eigenvalue weighted by atomic mass is 10.0. The summed E-state index contributed by atoms with van der Waals surface area (Å²) < 4.78 is 1.72. The van der Waals surface area contributed by atoms with E-state index in [-0.39, 0.29) is 15.4 Å². The zero-order chi connectivity index (χ0) is 17.1. The van der Waals surface area contributed by atoms with Crippen LogP contribution in [0.15, 0.2) is 41.9 Å². The number of aromatic amines is 1. The molecule has 0 fully saturated rings. The Kier molecular flexibility index (Phi) is 5.62. The van der Waals surface area contributed by atoms with Crippen molar-refractivity contribution in [3.63, 3.8) is 0 Å². The molecular weight excluding hydrogens is 401 g/mol. The highest BCUT2D eigenvalue weighted by molar-refractivity contribution is 14.1. The lowest BCUT2D eigenvalue weighted by molar-refractivity contribution is 0.782. The number of halogens is 1. The first-order valence-electron chi connectivity index (χ1n) is 7.65. The molecule has 2 aromatic rings. The molecule has 0 spiro atoms. The zero-order valence-corrected chi connectivity index (χ0v) is 16.1. The molecule has 0 aliphatic carbocycles. The van der Waals surface area contributed by atoms with Gasteiger partial charge in [-0.3, -0.25) is 9.20 Å². The smallest absolute Gasteiger partial charge is 0.263 e. The summed E-state index contributed by atoms with van der Waals surface area (Å²) >= 11 is 2.27. The summed E-state index contributed by atoms with van der Waals surface area (Å²) in [7, 11) is 0. The van der Waals surface area contributed by atoms with Crippen molar-refractivity contribution in [3.8, 4) is 0 Å². The molecule has 0 bridgehead atoms. The van der Waals surface area contributed by atoms with Crippen molar-refractivity contribution in [1.29, 1.82) is 0 Å². The molecule has 0 saturated heterocycles. The van der Waals surface area contributed by atoms with Crippen LogP contribution >= 0.6 is 22.6 Å². The molecule has 1 unspecified atom stereocenters. The second-order valence-electron chi connectivity index (χ2n) is 5.69. The summed E-state index contributed by atoms with van der Waals surface area (Å²) in [6, 6.07) is 0. The Hall–Kier alpha value is -1.63. The van der Waals surface area contributed by atoms with E-state index in [0.717, 1.165) is 22.5 Å². The van der Waals surface area contributed by atoms with Crippen LogP contribution in [-0.4, -0.2) is 14.4 Å². The van der Waals surface area contributed by atoms with E-state index in [4.69, 9.17) is 4.98 Å². The number of fused-ring (bicyclic) bond motifs is 1. The Balaban J connectivity index is 2.73. The van der Waals surface area contributed by atoms with Crippen molar-refractivity contribution in [2.75, 3.05) is 0 Å². The summed E-state index contributed by atoms with van der Waals surface area (Å²) in [5.41, 5.74) is 3.51. The summed E-state index contributed by atoms with van der Waals surface area (Å²) in [6.07, 6.45) is 9.35. The van der Waals surface area contributed by atoms with Gasteiger partial charge < -0.3 is 4.98 Å². The molecule has 2 aromatic heterocycles. The molecule has 0 aromatic carbocycles. The number of nitrogens with zero attached hydrogens (tertiary/aromatic N) is 2. The van der Waals surface area contributed by atoms with E-state index in [9.17, 15) is 4.79 Å². The van der Waals surface area contributed by atoms with E-state index in [1.807, 2.05) is 38.3 Å². The van der Waals surface area contributed by atoms with E-state index in [2.05, 4.69) is 48.0 Å². The average Bonchev–Trinajstić information content (AvgIpc) is 2.91. The molecule has 23 heavy (non-hydrogen) atoms. The minimum atomic E-state index is 0.00579. The van der Waals surface area contributed by atoms with Crippen LogP contribution < -0.4 is 5.56 Å². The number of aromatic nitrogens is 3. The van der Waals surface area contributed by atoms with Gasteiger partial charge in [0, 0.05) is 10.1 Å². The van der Waals surface area contributed by atoms with Crippen molar-refractivity contribution in [3.05, 3.63) is 64.4 Å². The minimum absolute atomic E-state index is 0.00579. The highest BCUT2D eigenvalue weighted by Crippen LogP contribution is 2.27. The number of H-pyrrole nitrogens is 1. The first kappa shape index (κ1) is 17.7. The van der Waals surface area contributed by atoms with Crippen LogP contribution in [0.1, 0.15) is 54.5 Å². The maximum atomic E-state index is 12.9. The predicted octanol–water partition coefficient (Wildman–Crippen LogP) is 4.79. The Morgan fingerprint density at radius 2 is 2.13 bits per heavy atom. The standard InChI is InChI=1S/C18H22IN3O/c1-6-8-9-13(7-2)14-10-22-17(23)15(12(5)19)16(11(3)4)21-18(22)20-14/h6-12H,1H2,2-5H3,(H,20,21)/b9-8-,13-7+. The van der Waals surface area contributed by atoms with Gasteiger partial charge in [-0.2, -0.15) is 0 Å². The van der Waals surface area contributed by atoms with Crippen LogP contribution in [0.3, 0.4) is 0 Å². The molecule has 0 amide bonds. The fourth-order valence-electron chi connectivity index (χ4n) is 2.53. The Labute approximate surface area is 150 Å². The van der Waals surface area contributed by atoms with Crippen LogP contribution in [-0.2, 0) is 0 Å². The van der Waals surface area contributed by atoms with E-state index in [1.54, 1.807) is 10.5 Å². The normalized spacial score (nSPS) is 14.1. The molecule has 1 atom stereocenters. The zero-order valence-electron chi connectivity index (χ0n) is 13.9. The lowest BCUT2D eigenvalue weighted by Crippen LogP contribution is -2.22. The van der Waals surface area contributed by atoms with E-state index in [1.165, 1.54) is 0 Å². The van der Waals surface area contributed by atoms with Gasteiger partial charge in [-0.05, 0) is 25.3 Å². The maximum absolute atomic E-state index is 12.9. The van der Waals surface area contributed by atoms with Crippen molar-refractivity contribution in [1.82, 2.24) is 14.4 Å². The van der Waals surface area contributed by atoms with Crippen LogP contribution in [0.25, 0.3) is 11.4 Å². The first-order valence-corrected chi connectivity index (χ1v) is 8.90. The molecule has 2 rings (SSSR count). The highest BCUT2D eigenvalue weighted by Gasteiger charge is 2.20. The Bertz CT molecular complexity index is 838. The highest BCUT2D eigenvalue weighted by atomic mass is 127. The van der Waals surface area contributed by atoms with Gasteiger partial charge in [0.2, 0.25) is 5.78 Å². The quantitative estimate of drug-likeness (QED) is 0.427. The van der Waals surface area contributed by atoms with Gasteiger partial charge in [-0.1, -0.05) is 67.3 Å². The van der Waals surface area contributed by atoms with E-state index >= 15 is 0 Å². The fourth-order valence-corrected chi connectivity index (χ4v) is 3.11. The molecule has 4 nitrogen and oxygen atoms in total. The summed E-state index contributed by atoms with van der Waals surface area (Å²) in [5.74, 6) is 0.786. The molecule has 0 radical (unpaired) electrons. The first-order chi connectivity index (χ1) is 10.9. The topological polar surface area (TPSA) is 50.2 Å². The van der Waals surface area contributed by atoms with Crippen molar-refractivity contribution in [2.24, 2.45) is 0 Å².